The van der Waals surface area contributed by atoms with E-state index in [9.17, 15) is 9.59 Å². The van der Waals surface area contributed by atoms with Gasteiger partial charge in [-0.1, -0.05) is 0 Å². The van der Waals surface area contributed by atoms with Crippen LogP contribution in [0.2, 0.25) is 0 Å². The zero-order valence-corrected chi connectivity index (χ0v) is 9.57. The topological polar surface area (TPSA) is 75.6 Å². The van der Waals surface area contributed by atoms with Crippen molar-refractivity contribution in [1.29, 1.82) is 0 Å². The van der Waals surface area contributed by atoms with Crippen molar-refractivity contribution in [1.82, 2.24) is 5.32 Å². The predicted octanol–water partition coefficient (Wildman–Crippen LogP) is 1.77. The van der Waals surface area contributed by atoms with Gasteiger partial charge in [0, 0.05) is 12.5 Å². The van der Waals surface area contributed by atoms with Gasteiger partial charge in [-0.15, -0.1) is 0 Å². The standard InChI is InChI=1S/C11H19NO4/c1-2-16-10(13)7-8-3-5-9(6-4-8)12-11(14)15/h8-9,12H,2-7H2,1H3,(H,14,15)/t8-,9-. The molecule has 0 aliphatic heterocycles. The SMILES string of the molecule is CCOC(=O)C[C@H]1CC[C@H](NC(=O)O)CC1. The van der Waals surface area contributed by atoms with Gasteiger partial charge in [0.25, 0.3) is 0 Å². The summed E-state index contributed by atoms with van der Waals surface area (Å²) in [5.41, 5.74) is 0. The highest BCUT2D eigenvalue weighted by Crippen LogP contribution is 2.27. The summed E-state index contributed by atoms with van der Waals surface area (Å²) in [7, 11) is 0. The van der Waals surface area contributed by atoms with Crippen molar-refractivity contribution < 1.29 is 19.4 Å². The summed E-state index contributed by atoms with van der Waals surface area (Å²) in [6.07, 6.45) is 2.92. The average Bonchev–Trinajstić information content (AvgIpc) is 2.20. The van der Waals surface area contributed by atoms with Crippen molar-refractivity contribution in [3.8, 4) is 0 Å². The smallest absolute Gasteiger partial charge is 0.404 e. The van der Waals surface area contributed by atoms with E-state index in [1.54, 1.807) is 6.92 Å². The van der Waals surface area contributed by atoms with Crippen LogP contribution in [-0.2, 0) is 9.53 Å². The number of hydrogen-bond donors (Lipinski definition) is 2. The fraction of sp³-hybridized carbons (Fsp3) is 0.818. The van der Waals surface area contributed by atoms with E-state index in [0.717, 1.165) is 25.7 Å². The molecule has 92 valence electrons. The third-order valence-electron chi connectivity index (χ3n) is 2.94. The molecule has 1 aliphatic carbocycles. The van der Waals surface area contributed by atoms with E-state index in [2.05, 4.69) is 5.32 Å². The normalized spacial score (nSPS) is 24.8. The Morgan fingerprint density at radius 1 is 1.31 bits per heavy atom. The van der Waals surface area contributed by atoms with Crippen LogP contribution < -0.4 is 5.32 Å². The largest absolute Gasteiger partial charge is 0.466 e. The Morgan fingerprint density at radius 2 is 1.94 bits per heavy atom. The van der Waals surface area contributed by atoms with Gasteiger partial charge in [-0.25, -0.2) is 4.79 Å². The second-order valence-corrected chi connectivity index (χ2v) is 4.18. The minimum atomic E-state index is -0.964. The summed E-state index contributed by atoms with van der Waals surface area (Å²) in [6, 6.07) is 0.0518. The van der Waals surface area contributed by atoms with Crippen LogP contribution in [0, 0.1) is 5.92 Å². The van der Waals surface area contributed by atoms with E-state index in [-0.39, 0.29) is 12.0 Å². The molecule has 0 bridgehead atoms. The molecule has 0 radical (unpaired) electrons. The summed E-state index contributed by atoms with van der Waals surface area (Å²) >= 11 is 0. The number of rotatable bonds is 4. The van der Waals surface area contributed by atoms with E-state index in [1.807, 2.05) is 0 Å². The summed E-state index contributed by atoms with van der Waals surface area (Å²) < 4.78 is 4.89. The minimum Gasteiger partial charge on any atom is -0.466 e. The van der Waals surface area contributed by atoms with Crippen LogP contribution in [0.15, 0.2) is 0 Å². The fourth-order valence-electron chi connectivity index (χ4n) is 2.14. The maximum atomic E-state index is 11.2. The first-order chi connectivity index (χ1) is 7.61. The van der Waals surface area contributed by atoms with Gasteiger partial charge in [0.15, 0.2) is 0 Å². The van der Waals surface area contributed by atoms with Crippen LogP contribution in [0.4, 0.5) is 4.79 Å². The lowest BCUT2D eigenvalue weighted by Gasteiger charge is -2.27. The molecule has 16 heavy (non-hydrogen) atoms. The maximum Gasteiger partial charge on any atom is 0.404 e. The number of nitrogens with one attached hydrogen (secondary N) is 1. The van der Waals surface area contributed by atoms with Gasteiger partial charge in [0.05, 0.1) is 6.61 Å². The highest BCUT2D eigenvalue weighted by molar-refractivity contribution is 5.69. The molecule has 0 aromatic carbocycles. The number of hydrogen-bond acceptors (Lipinski definition) is 3. The summed E-state index contributed by atoms with van der Waals surface area (Å²) in [5.74, 6) is 0.211. The van der Waals surface area contributed by atoms with Gasteiger partial charge in [-0.05, 0) is 38.5 Å². The molecule has 1 saturated carbocycles. The van der Waals surface area contributed by atoms with E-state index in [1.165, 1.54) is 0 Å². The van der Waals surface area contributed by atoms with Crippen molar-refractivity contribution >= 4 is 12.1 Å². The van der Waals surface area contributed by atoms with Gasteiger partial charge < -0.3 is 15.2 Å². The fourth-order valence-corrected chi connectivity index (χ4v) is 2.14. The molecule has 0 saturated heterocycles. The van der Waals surface area contributed by atoms with Gasteiger partial charge in [0.2, 0.25) is 0 Å². The number of amides is 1. The van der Waals surface area contributed by atoms with E-state index < -0.39 is 6.09 Å². The Hall–Kier alpha value is -1.26. The number of carboxylic acid groups (broad SMARTS) is 1. The zero-order chi connectivity index (χ0) is 12.0. The first-order valence-corrected chi connectivity index (χ1v) is 5.77. The van der Waals surface area contributed by atoms with Crippen molar-refractivity contribution in [3.63, 3.8) is 0 Å². The van der Waals surface area contributed by atoms with Gasteiger partial charge in [0.1, 0.15) is 0 Å². The van der Waals surface area contributed by atoms with E-state index in [0.29, 0.717) is 18.9 Å². The molecular weight excluding hydrogens is 210 g/mol. The molecule has 0 aromatic heterocycles. The number of esters is 1. The Kier molecular flexibility index (Phi) is 5.08. The van der Waals surface area contributed by atoms with Gasteiger partial charge in [-0.3, -0.25) is 4.79 Å². The lowest BCUT2D eigenvalue weighted by molar-refractivity contribution is -0.144. The average molecular weight is 229 g/mol. The van der Waals surface area contributed by atoms with Crippen LogP contribution in [0.3, 0.4) is 0 Å². The van der Waals surface area contributed by atoms with Gasteiger partial charge >= 0.3 is 12.1 Å². The molecule has 2 N–H and O–H groups in total. The minimum absolute atomic E-state index is 0.0518. The van der Waals surface area contributed by atoms with Crippen molar-refractivity contribution in [2.24, 2.45) is 5.92 Å². The first-order valence-electron chi connectivity index (χ1n) is 5.77. The Balaban J connectivity index is 2.21. The molecule has 5 heteroatoms. The van der Waals surface area contributed by atoms with Crippen LogP contribution >= 0.6 is 0 Å². The van der Waals surface area contributed by atoms with Crippen LogP contribution in [0.1, 0.15) is 39.0 Å². The number of carbonyl (C=O) groups is 2. The van der Waals surface area contributed by atoms with Crippen molar-refractivity contribution in [2.75, 3.05) is 6.61 Å². The molecule has 1 fully saturated rings. The lowest BCUT2D eigenvalue weighted by Crippen LogP contribution is -2.36. The van der Waals surface area contributed by atoms with Crippen LogP contribution in [0.25, 0.3) is 0 Å². The quantitative estimate of drug-likeness (QED) is 0.720. The lowest BCUT2D eigenvalue weighted by atomic mass is 9.84. The maximum absolute atomic E-state index is 11.2. The number of carbonyl (C=O) groups excluding carboxylic acids is 1. The van der Waals surface area contributed by atoms with Crippen molar-refractivity contribution in [3.05, 3.63) is 0 Å². The Labute approximate surface area is 95.2 Å². The number of ether oxygens (including phenoxy) is 1. The molecule has 0 unspecified atom stereocenters. The predicted molar refractivity (Wildman–Crippen MR) is 58.2 cm³/mol. The molecule has 0 atom stereocenters. The van der Waals surface area contributed by atoms with E-state index in [4.69, 9.17) is 9.84 Å². The molecule has 1 rings (SSSR count). The Bertz CT molecular complexity index is 246. The summed E-state index contributed by atoms with van der Waals surface area (Å²) in [4.78, 5) is 21.7. The molecule has 0 spiro atoms. The summed E-state index contributed by atoms with van der Waals surface area (Å²) in [6.45, 7) is 2.22. The molecule has 0 heterocycles. The third kappa shape index (κ3) is 4.51. The second-order valence-electron chi connectivity index (χ2n) is 4.18. The first kappa shape index (κ1) is 12.8. The molecule has 5 nitrogen and oxygen atoms in total. The Morgan fingerprint density at radius 3 is 2.44 bits per heavy atom. The summed E-state index contributed by atoms with van der Waals surface area (Å²) in [5, 5.41) is 11.0. The zero-order valence-electron chi connectivity index (χ0n) is 9.57. The molecular formula is C11H19NO4. The van der Waals surface area contributed by atoms with E-state index >= 15 is 0 Å². The highest BCUT2D eigenvalue weighted by atomic mass is 16.5. The molecule has 0 aromatic rings. The second kappa shape index (κ2) is 6.35. The van der Waals surface area contributed by atoms with Crippen LogP contribution in [-0.4, -0.2) is 29.8 Å². The van der Waals surface area contributed by atoms with Crippen molar-refractivity contribution in [2.45, 2.75) is 45.1 Å². The van der Waals surface area contributed by atoms with Crippen LogP contribution in [0.5, 0.6) is 0 Å². The molecule has 1 aliphatic rings. The highest BCUT2D eigenvalue weighted by Gasteiger charge is 2.24. The molecule has 1 amide bonds. The van der Waals surface area contributed by atoms with Gasteiger partial charge in [-0.2, -0.15) is 0 Å². The third-order valence-corrected chi connectivity index (χ3v) is 2.94. The monoisotopic (exact) mass is 229 g/mol.